The first-order chi connectivity index (χ1) is 8.70. The summed E-state index contributed by atoms with van der Waals surface area (Å²) in [6.07, 6.45) is 3.54. The van der Waals surface area contributed by atoms with Crippen molar-refractivity contribution in [2.24, 2.45) is 5.92 Å². The van der Waals surface area contributed by atoms with Crippen molar-refractivity contribution < 1.29 is 14.6 Å². The van der Waals surface area contributed by atoms with Gasteiger partial charge < -0.3 is 9.84 Å². The van der Waals surface area contributed by atoms with Crippen LogP contribution in [0.3, 0.4) is 0 Å². The second kappa shape index (κ2) is 4.20. The fraction of sp³-hybridized carbons (Fsp3) is 0.417. The van der Waals surface area contributed by atoms with Crippen LogP contribution in [-0.4, -0.2) is 28.2 Å². The van der Waals surface area contributed by atoms with Crippen molar-refractivity contribution in [3.63, 3.8) is 0 Å². The minimum atomic E-state index is -0.159. The molecule has 0 radical (unpaired) electrons. The van der Waals surface area contributed by atoms with Crippen LogP contribution in [0.5, 0.6) is 5.88 Å². The third-order valence-electron chi connectivity index (χ3n) is 3.36. The zero-order chi connectivity index (χ0) is 12.7. The molecular formula is C12H12N2O3S. The van der Waals surface area contributed by atoms with Gasteiger partial charge in [-0.2, -0.15) is 0 Å². The molecule has 0 bridgehead atoms. The molecule has 6 heteroatoms. The van der Waals surface area contributed by atoms with Crippen LogP contribution in [0.25, 0.3) is 10.2 Å². The van der Waals surface area contributed by atoms with Gasteiger partial charge in [-0.15, -0.1) is 11.3 Å². The molecule has 0 amide bonds. The largest absolute Gasteiger partial charge is 0.493 e. The number of aromatic nitrogens is 2. The molecule has 2 heterocycles. The van der Waals surface area contributed by atoms with E-state index >= 15 is 0 Å². The van der Waals surface area contributed by atoms with Crippen LogP contribution in [0, 0.1) is 5.92 Å². The van der Waals surface area contributed by atoms with Gasteiger partial charge in [-0.1, -0.05) is 0 Å². The summed E-state index contributed by atoms with van der Waals surface area (Å²) in [6, 6.07) is 0. The number of esters is 1. The van der Waals surface area contributed by atoms with E-state index in [2.05, 4.69) is 9.97 Å². The number of rotatable bonds is 1. The van der Waals surface area contributed by atoms with E-state index in [0.717, 1.165) is 33.5 Å². The Hall–Kier alpha value is -1.69. The lowest BCUT2D eigenvalue weighted by atomic mass is 9.88. The van der Waals surface area contributed by atoms with Gasteiger partial charge in [0.25, 0.3) is 0 Å². The van der Waals surface area contributed by atoms with Crippen LogP contribution in [-0.2, 0) is 22.4 Å². The van der Waals surface area contributed by atoms with Gasteiger partial charge >= 0.3 is 5.97 Å². The highest BCUT2D eigenvalue weighted by molar-refractivity contribution is 7.18. The van der Waals surface area contributed by atoms with Crippen LogP contribution in [0.15, 0.2) is 6.33 Å². The first kappa shape index (κ1) is 11.4. The zero-order valence-electron chi connectivity index (χ0n) is 9.84. The summed E-state index contributed by atoms with van der Waals surface area (Å²) in [4.78, 5) is 21.5. The average molecular weight is 264 g/mol. The van der Waals surface area contributed by atoms with Crippen molar-refractivity contribution in [2.75, 3.05) is 7.11 Å². The second-order valence-electron chi connectivity index (χ2n) is 4.34. The highest BCUT2D eigenvalue weighted by Gasteiger charge is 2.29. The van der Waals surface area contributed by atoms with E-state index in [1.54, 1.807) is 0 Å². The fourth-order valence-electron chi connectivity index (χ4n) is 2.46. The van der Waals surface area contributed by atoms with Crippen molar-refractivity contribution in [1.82, 2.24) is 9.97 Å². The third kappa shape index (κ3) is 1.64. The minimum absolute atomic E-state index is 0.0361. The van der Waals surface area contributed by atoms with Crippen LogP contribution < -0.4 is 0 Å². The second-order valence-corrected chi connectivity index (χ2v) is 5.43. The molecule has 1 unspecified atom stereocenters. The summed E-state index contributed by atoms with van der Waals surface area (Å²) in [7, 11) is 1.42. The molecule has 94 valence electrons. The first-order valence-corrected chi connectivity index (χ1v) is 6.54. The molecule has 2 aromatic rings. The molecule has 0 aromatic carbocycles. The maximum atomic E-state index is 11.6. The van der Waals surface area contributed by atoms with Gasteiger partial charge in [-0.05, 0) is 24.8 Å². The topological polar surface area (TPSA) is 72.3 Å². The lowest BCUT2D eigenvalue weighted by Gasteiger charge is -2.19. The van der Waals surface area contributed by atoms with E-state index in [0.29, 0.717) is 6.42 Å². The molecule has 18 heavy (non-hydrogen) atoms. The molecule has 3 rings (SSSR count). The average Bonchev–Trinajstić information content (AvgIpc) is 2.76. The van der Waals surface area contributed by atoms with Gasteiger partial charge in [0, 0.05) is 4.88 Å². The lowest BCUT2D eigenvalue weighted by molar-refractivity contribution is -0.145. The molecule has 0 fully saturated rings. The number of fused-ring (bicyclic) bond motifs is 3. The number of methoxy groups -OCH3 is 1. The summed E-state index contributed by atoms with van der Waals surface area (Å²) in [5.41, 5.74) is 1.09. The standard InChI is InChI=1S/C12H12N2O3S/c1-17-12(16)6-2-3-7-8(4-6)18-11-9(7)10(15)13-5-14-11/h5-6H,2-4H2,1H3,(H,13,14,15). The Morgan fingerprint density at radius 2 is 2.39 bits per heavy atom. The molecule has 1 atom stereocenters. The van der Waals surface area contributed by atoms with E-state index in [1.807, 2.05) is 0 Å². The van der Waals surface area contributed by atoms with Gasteiger partial charge in [0.05, 0.1) is 18.4 Å². The smallest absolute Gasteiger partial charge is 0.309 e. The number of aryl methyl sites for hydroxylation is 1. The molecule has 0 saturated carbocycles. The summed E-state index contributed by atoms with van der Waals surface area (Å²) in [5, 5.41) is 10.6. The predicted molar refractivity (Wildman–Crippen MR) is 66.6 cm³/mol. The normalized spacial score (nSPS) is 18.6. The van der Waals surface area contributed by atoms with E-state index in [9.17, 15) is 9.90 Å². The molecule has 2 aromatic heterocycles. The Labute approximate surface area is 107 Å². The zero-order valence-corrected chi connectivity index (χ0v) is 10.7. The van der Waals surface area contributed by atoms with E-state index in [4.69, 9.17) is 4.74 Å². The molecule has 0 saturated heterocycles. The summed E-state index contributed by atoms with van der Waals surface area (Å²) < 4.78 is 4.79. The Morgan fingerprint density at radius 1 is 1.56 bits per heavy atom. The molecule has 1 N–H and O–H groups in total. The quantitative estimate of drug-likeness (QED) is 0.793. The highest BCUT2D eigenvalue weighted by atomic mass is 32.1. The molecule has 0 aliphatic heterocycles. The number of carbonyl (C=O) groups excluding carboxylic acids is 1. The minimum Gasteiger partial charge on any atom is -0.493 e. The summed E-state index contributed by atoms with van der Waals surface area (Å²) in [6.45, 7) is 0. The Bertz CT molecular complexity index is 623. The van der Waals surface area contributed by atoms with Crippen molar-refractivity contribution >= 4 is 27.5 Å². The first-order valence-electron chi connectivity index (χ1n) is 5.72. The van der Waals surface area contributed by atoms with E-state index in [-0.39, 0.29) is 17.8 Å². The predicted octanol–water partition coefficient (Wildman–Crippen LogP) is 1.67. The highest BCUT2D eigenvalue weighted by Crippen LogP contribution is 2.40. The lowest BCUT2D eigenvalue weighted by Crippen LogP contribution is -2.22. The number of hydrogen-bond donors (Lipinski definition) is 1. The van der Waals surface area contributed by atoms with Crippen molar-refractivity contribution in [3.8, 4) is 5.88 Å². The van der Waals surface area contributed by atoms with Gasteiger partial charge in [-0.25, -0.2) is 9.97 Å². The maximum Gasteiger partial charge on any atom is 0.309 e. The third-order valence-corrected chi connectivity index (χ3v) is 4.52. The van der Waals surface area contributed by atoms with Crippen LogP contribution in [0.1, 0.15) is 16.9 Å². The van der Waals surface area contributed by atoms with Gasteiger partial charge in [-0.3, -0.25) is 4.79 Å². The van der Waals surface area contributed by atoms with Gasteiger partial charge in [0.2, 0.25) is 5.88 Å². The molecule has 5 nitrogen and oxygen atoms in total. The summed E-state index contributed by atoms with van der Waals surface area (Å²) in [5.74, 6) is -0.201. The van der Waals surface area contributed by atoms with Crippen LogP contribution >= 0.6 is 11.3 Å². The fourth-order valence-corrected chi connectivity index (χ4v) is 3.72. The molecule has 0 spiro atoms. The number of aromatic hydroxyl groups is 1. The van der Waals surface area contributed by atoms with Crippen molar-refractivity contribution in [3.05, 3.63) is 16.8 Å². The molecular weight excluding hydrogens is 252 g/mol. The number of thiophene rings is 1. The Balaban J connectivity index is 2.05. The number of hydrogen-bond acceptors (Lipinski definition) is 6. The van der Waals surface area contributed by atoms with Crippen molar-refractivity contribution in [1.29, 1.82) is 0 Å². The van der Waals surface area contributed by atoms with Gasteiger partial charge in [0.15, 0.2) is 0 Å². The Morgan fingerprint density at radius 3 is 3.17 bits per heavy atom. The van der Waals surface area contributed by atoms with E-state index < -0.39 is 0 Å². The Kier molecular flexibility index (Phi) is 2.66. The monoisotopic (exact) mass is 264 g/mol. The van der Waals surface area contributed by atoms with Crippen molar-refractivity contribution in [2.45, 2.75) is 19.3 Å². The molecule has 1 aliphatic rings. The SMILES string of the molecule is COC(=O)C1CCc2c(sc3ncnc(O)c23)C1. The number of nitrogens with zero attached hydrogens (tertiary/aromatic N) is 2. The molecule has 1 aliphatic carbocycles. The maximum absolute atomic E-state index is 11.6. The number of ether oxygens (including phenoxy) is 1. The number of carbonyl (C=O) groups is 1. The van der Waals surface area contributed by atoms with Crippen LogP contribution in [0.2, 0.25) is 0 Å². The van der Waals surface area contributed by atoms with E-state index in [1.165, 1.54) is 24.8 Å². The summed E-state index contributed by atoms with van der Waals surface area (Å²) >= 11 is 1.53. The van der Waals surface area contributed by atoms with Gasteiger partial charge in [0.1, 0.15) is 11.2 Å². The van der Waals surface area contributed by atoms with Crippen LogP contribution in [0.4, 0.5) is 0 Å².